The highest BCUT2D eigenvalue weighted by molar-refractivity contribution is 6.30. The van der Waals surface area contributed by atoms with Crippen molar-refractivity contribution in [3.63, 3.8) is 0 Å². The molecule has 3 aliphatic heterocycles. The molecule has 3 heterocycles. The van der Waals surface area contributed by atoms with Crippen molar-refractivity contribution in [3.05, 3.63) is 33.8 Å². The van der Waals surface area contributed by atoms with Crippen LogP contribution in [0.3, 0.4) is 0 Å². The molecule has 4 rings (SSSR count). The fourth-order valence-corrected chi connectivity index (χ4v) is 4.96. The number of benzene rings is 1. The van der Waals surface area contributed by atoms with E-state index in [1.807, 2.05) is 49.6 Å². The van der Waals surface area contributed by atoms with E-state index in [0.29, 0.717) is 64.1 Å². The molecular weight excluding hydrogens is 446 g/mol. The zero-order valence-corrected chi connectivity index (χ0v) is 20.7. The van der Waals surface area contributed by atoms with Crippen molar-refractivity contribution in [2.45, 2.75) is 58.3 Å². The second-order valence-electron chi connectivity index (χ2n) is 9.97. The zero-order chi connectivity index (χ0) is 23.8. The number of halogens is 1. The molecule has 0 spiro atoms. The summed E-state index contributed by atoms with van der Waals surface area (Å²) in [6.45, 7) is 11.7. The van der Waals surface area contributed by atoms with Crippen LogP contribution in [0.2, 0.25) is 5.02 Å². The number of amides is 3. The van der Waals surface area contributed by atoms with Gasteiger partial charge < -0.3 is 24.0 Å². The van der Waals surface area contributed by atoms with E-state index in [9.17, 15) is 9.59 Å². The van der Waals surface area contributed by atoms with Crippen LogP contribution in [-0.2, 0) is 27.2 Å². The number of hydrogen-bond donors (Lipinski definition) is 0. The van der Waals surface area contributed by atoms with Crippen LogP contribution in [-0.4, -0.2) is 84.5 Å². The minimum atomic E-state index is -0.592. The zero-order valence-electron chi connectivity index (χ0n) is 19.9. The maximum atomic E-state index is 13.3. The number of ether oxygens (including phenoxy) is 3. The highest BCUT2D eigenvalue weighted by Crippen LogP contribution is 2.35. The van der Waals surface area contributed by atoms with Crippen LogP contribution in [0.4, 0.5) is 9.59 Å². The Morgan fingerprint density at radius 2 is 1.76 bits per heavy atom. The van der Waals surface area contributed by atoms with E-state index < -0.39 is 5.60 Å². The molecule has 0 aromatic heterocycles. The Kier molecular flexibility index (Phi) is 7.07. The summed E-state index contributed by atoms with van der Waals surface area (Å²) in [6, 6.07) is 3.63. The maximum Gasteiger partial charge on any atom is 0.410 e. The normalized spacial score (nSPS) is 23.8. The van der Waals surface area contributed by atoms with Crippen molar-refractivity contribution in [1.82, 2.24) is 14.7 Å². The molecule has 0 unspecified atom stereocenters. The number of morpholine rings is 2. The van der Waals surface area contributed by atoms with Crippen LogP contribution in [0.15, 0.2) is 12.1 Å². The van der Waals surface area contributed by atoms with Crippen molar-refractivity contribution >= 4 is 23.7 Å². The molecule has 2 saturated heterocycles. The summed E-state index contributed by atoms with van der Waals surface area (Å²) in [5.41, 5.74) is 2.50. The quantitative estimate of drug-likeness (QED) is 0.611. The van der Waals surface area contributed by atoms with Crippen LogP contribution < -0.4 is 0 Å². The van der Waals surface area contributed by atoms with E-state index in [2.05, 4.69) is 0 Å². The SMILES string of the molecule is C[C@H]1COCCN1C(=O)N1CCc2cc(Cl)cc([C@@H]3COCCN3C(=O)OC(C)(C)C)c2C1. The molecule has 2 fully saturated rings. The van der Waals surface area contributed by atoms with Gasteiger partial charge in [-0.25, -0.2) is 9.59 Å². The van der Waals surface area contributed by atoms with Gasteiger partial charge >= 0.3 is 12.1 Å². The summed E-state index contributed by atoms with van der Waals surface area (Å²) in [5.74, 6) is 0. The molecule has 9 heteroatoms. The van der Waals surface area contributed by atoms with Crippen molar-refractivity contribution in [2.24, 2.45) is 0 Å². The van der Waals surface area contributed by atoms with Gasteiger partial charge in [0, 0.05) is 31.2 Å². The fraction of sp³-hybridized carbons (Fsp3) is 0.667. The topological polar surface area (TPSA) is 71.6 Å². The monoisotopic (exact) mass is 479 g/mol. The van der Waals surface area contributed by atoms with Gasteiger partial charge in [-0.2, -0.15) is 0 Å². The Bertz CT molecular complexity index is 903. The lowest BCUT2D eigenvalue weighted by atomic mass is 9.90. The van der Waals surface area contributed by atoms with Gasteiger partial charge in [-0.1, -0.05) is 11.6 Å². The molecule has 0 bridgehead atoms. The van der Waals surface area contributed by atoms with Crippen molar-refractivity contribution < 1.29 is 23.8 Å². The van der Waals surface area contributed by atoms with Gasteiger partial charge in [-0.15, -0.1) is 0 Å². The van der Waals surface area contributed by atoms with Gasteiger partial charge in [0.15, 0.2) is 0 Å². The van der Waals surface area contributed by atoms with Crippen LogP contribution in [0, 0.1) is 0 Å². The number of hydrogen-bond acceptors (Lipinski definition) is 5. The minimum Gasteiger partial charge on any atom is -0.444 e. The van der Waals surface area contributed by atoms with Crippen molar-refractivity contribution in [2.75, 3.05) is 46.1 Å². The second-order valence-corrected chi connectivity index (χ2v) is 10.4. The van der Waals surface area contributed by atoms with Gasteiger partial charge in [0.05, 0.1) is 38.5 Å². The van der Waals surface area contributed by atoms with Gasteiger partial charge in [-0.05, 0) is 62.9 Å². The Morgan fingerprint density at radius 3 is 2.45 bits per heavy atom. The molecule has 0 radical (unpaired) electrons. The average Bonchev–Trinajstić information content (AvgIpc) is 2.77. The Hall–Kier alpha value is -2.03. The molecular formula is C24H34ClN3O5. The number of fused-ring (bicyclic) bond motifs is 1. The summed E-state index contributed by atoms with van der Waals surface area (Å²) in [6.07, 6.45) is 0.350. The molecule has 2 atom stereocenters. The van der Waals surface area contributed by atoms with E-state index in [1.165, 1.54) is 0 Å². The molecule has 0 N–H and O–H groups in total. The molecule has 3 aliphatic rings. The van der Waals surface area contributed by atoms with Crippen LogP contribution in [0.5, 0.6) is 0 Å². The van der Waals surface area contributed by atoms with Crippen LogP contribution in [0.25, 0.3) is 0 Å². The molecule has 0 aliphatic carbocycles. The predicted molar refractivity (Wildman–Crippen MR) is 124 cm³/mol. The number of carbonyl (C=O) groups is 2. The van der Waals surface area contributed by atoms with Gasteiger partial charge in [0.2, 0.25) is 0 Å². The molecule has 1 aromatic rings. The van der Waals surface area contributed by atoms with Gasteiger partial charge in [0.1, 0.15) is 5.60 Å². The third kappa shape index (κ3) is 5.39. The van der Waals surface area contributed by atoms with Crippen LogP contribution in [0.1, 0.15) is 50.4 Å². The number of urea groups is 1. The smallest absolute Gasteiger partial charge is 0.410 e. The number of nitrogens with zero attached hydrogens (tertiary/aromatic N) is 3. The Labute approximate surface area is 200 Å². The first kappa shape index (κ1) is 24.1. The summed E-state index contributed by atoms with van der Waals surface area (Å²) in [5, 5.41) is 0.625. The summed E-state index contributed by atoms with van der Waals surface area (Å²) in [4.78, 5) is 31.8. The largest absolute Gasteiger partial charge is 0.444 e. The summed E-state index contributed by atoms with van der Waals surface area (Å²) in [7, 11) is 0. The van der Waals surface area contributed by atoms with Gasteiger partial charge in [-0.3, -0.25) is 4.90 Å². The molecule has 8 nitrogen and oxygen atoms in total. The number of rotatable bonds is 1. The Balaban J connectivity index is 1.62. The molecule has 182 valence electrons. The predicted octanol–water partition coefficient (Wildman–Crippen LogP) is 3.85. The lowest BCUT2D eigenvalue weighted by Gasteiger charge is -2.41. The maximum absolute atomic E-state index is 13.3. The summed E-state index contributed by atoms with van der Waals surface area (Å²) >= 11 is 6.50. The van der Waals surface area contributed by atoms with E-state index >= 15 is 0 Å². The van der Waals surface area contributed by atoms with Crippen molar-refractivity contribution in [3.8, 4) is 0 Å². The number of carbonyl (C=O) groups excluding carboxylic acids is 2. The molecule has 1 aromatic carbocycles. The van der Waals surface area contributed by atoms with Crippen molar-refractivity contribution in [1.29, 1.82) is 0 Å². The first-order chi connectivity index (χ1) is 15.6. The highest BCUT2D eigenvalue weighted by Gasteiger charge is 2.36. The molecule has 3 amide bonds. The third-order valence-corrected chi connectivity index (χ3v) is 6.56. The average molecular weight is 480 g/mol. The van der Waals surface area contributed by atoms with E-state index in [-0.39, 0.29) is 24.2 Å². The van der Waals surface area contributed by atoms with Gasteiger partial charge in [0.25, 0.3) is 0 Å². The highest BCUT2D eigenvalue weighted by atomic mass is 35.5. The minimum absolute atomic E-state index is 0.0289. The third-order valence-electron chi connectivity index (χ3n) is 6.34. The standard InChI is InChI=1S/C24H34ClN3O5/c1-16-14-31-9-7-27(16)22(29)26-6-5-17-11-18(25)12-19(20(17)13-26)21-15-32-10-8-28(21)23(30)33-24(2,3)4/h11-12,16,21H,5-10,13-15H2,1-4H3/t16-,21-/m0/s1. The first-order valence-corrected chi connectivity index (χ1v) is 12.0. The lowest BCUT2D eigenvalue weighted by molar-refractivity contribution is -0.0335. The van der Waals surface area contributed by atoms with E-state index in [1.54, 1.807) is 4.90 Å². The van der Waals surface area contributed by atoms with E-state index in [4.69, 9.17) is 25.8 Å². The fourth-order valence-electron chi connectivity index (χ4n) is 4.71. The second kappa shape index (κ2) is 9.68. The van der Waals surface area contributed by atoms with E-state index in [0.717, 1.165) is 16.7 Å². The lowest BCUT2D eigenvalue weighted by Crippen LogP contribution is -2.53. The molecule has 33 heavy (non-hydrogen) atoms. The summed E-state index contributed by atoms with van der Waals surface area (Å²) < 4.78 is 16.9. The molecule has 0 saturated carbocycles. The first-order valence-electron chi connectivity index (χ1n) is 11.7. The van der Waals surface area contributed by atoms with Crippen LogP contribution >= 0.6 is 11.6 Å². The Morgan fingerprint density at radius 1 is 1.06 bits per heavy atom.